The molecule has 1 unspecified atom stereocenters. The van der Waals surface area contributed by atoms with Gasteiger partial charge < -0.3 is 4.42 Å². The van der Waals surface area contributed by atoms with Gasteiger partial charge in [-0.25, -0.2) is 5.01 Å². The molecule has 1 aliphatic heterocycles. The van der Waals surface area contributed by atoms with Crippen molar-refractivity contribution in [3.8, 4) is 0 Å². The highest BCUT2D eigenvalue weighted by Crippen LogP contribution is 2.33. The number of aryl methyl sites for hydroxylation is 1. The lowest BCUT2D eigenvalue weighted by atomic mass is 9.99. The first-order chi connectivity index (χ1) is 10.7. The number of hydrazone groups is 1. The number of carbonyl (C=O) groups excluding carboxylic acids is 1. The highest BCUT2D eigenvalue weighted by molar-refractivity contribution is 6.19. The zero-order valence-electron chi connectivity index (χ0n) is 12.3. The van der Waals surface area contributed by atoms with Crippen LogP contribution < -0.4 is 0 Å². The van der Waals surface area contributed by atoms with Crippen molar-refractivity contribution in [1.82, 2.24) is 5.01 Å². The number of benzene rings is 1. The average Bonchev–Trinajstić information content (AvgIpc) is 3.17. The van der Waals surface area contributed by atoms with E-state index in [1.807, 2.05) is 37.3 Å². The van der Waals surface area contributed by atoms with Gasteiger partial charge in [0.1, 0.15) is 11.5 Å². The van der Waals surface area contributed by atoms with E-state index in [-0.39, 0.29) is 18.4 Å². The first kappa shape index (κ1) is 14.9. The normalized spacial score (nSPS) is 17.6. The van der Waals surface area contributed by atoms with Gasteiger partial charge in [-0.1, -0.05) is 29.8 Å². The summed E-state index contributed by atoms with van der Waals surface area (Å²) in [5.74, 6) is 0.934. The minimum atomic E-state index is -0.101. The number of halogens is 1. The maximum atomic E-state index is 12.3. The van der Waals surface area contributed by atoms with Crippen LogP contribution in [0.4, 0.5) is 0 Å². The Balaban J connectivity index is 1.93. The molecule has 3 rings (SSSR count). The van der Waals surface area contributed by atoms with E-state index in [1.165, 1.54) is 0 Å². The molecule has 4 nitrogen and oxygen atoms in total. The van der Waals surface area contributed by atoms with Gasteiger partial charge in [0.05, 0.1) is 12.3 Å². The van der Waals surface area contributed by atoms with Crippen LogP contribution in [0.2, 0.25) is 0 Å². The van der Waals surface area contributed by atoms with Crippen LogP contribution in [0.15, 0.2) is 52.2 Å². The molecule has 0 N–H and O–H groups in total. The molecule has 22 heavy (non-hydrogen) atoms. The van der Waals surface area contributed by atoms with Gasteiger partial charge in [-0.3, -0.25) is 4.79 Å². The van der Waals surface area contributed by atoms with E-state index in [0.29, 0.717) is 18.1 Å². The smallest absolute Gasteiger partial charge is 0.244 e. The van der Waals surface area contributed by atoms with E-state index in [9.17, 15) is 4.79 Å². The fourth-order valence-electron chi connectivity index (χ4n) is 2.66. The van der Waals surface area contributed by atoms with Crippen LogP contribution in [-0.2, 0) is 4.79 Å². The van der Waals surface area contributed by atoms with Gasteiger partial charge in [0, 0.05) is 18.7 Å². The number of carbonyl (C=O) groups is 1. The van der Waals surface area contributed by atoms with Crippen molar-refractivity contribution in [1.29, 1.82) is 0 Å². The molecule has 114 valence electrons. The third-order valence-electron chi connectivity index (χ3n) is 3.71. The van der Waals surface area contributed by atoms with E-state index in [1.54, 1.807) is 11.3 Å². The number of hydrogen-bond acceptors (Lipinski definition) is 3. The van der Waals surface area contributed by atoms with Crippen molar-refractivity contribution < 1.29 is 9.21 Å². The fourth-order valence-corrected chi connectivity index (χ4v) is 2.83. The van der Waals surface area contributed by atoms with Crippen LogP contribution >= 0.6 is 11.6 Å². The zero-order valence-corrected chi connectivity index (χ0v) is 13.1. The summed E-state index contributed by atoms with van der Waals surface area (Å²) in [6, 6.07) is 11.7. The van der Waals surface area contributed by atoms with Gasteiger partial charge in [0.15, 0.2) is 0 Å². The minimum absolute atomic E-state index is 0.0666. The molecule has 1 amide bonds. The lowest BCUT2D eigenvalue weighted by molar-refractivity contribution is -0.132. The molecule has 0 saturated carbocycles. The summed E-state index contributed by atoms with van der Waals surface area (Å²) >= 11 is 5.72. The second-order valence-electron chi connectivity index (χ2n) is 5.34. The second kappa shape index (κ2) is 6.36. The van der Waals surface area contributed by atoms with Gasteiger partial charge in [-0.05, 0) is 24.6 Å². The van der Waals surface area contributed by atoms with Gasteiger partial charge in [-0.2, -0.15) is 5.10 Å². The Bertz CT molecular complexity index is 694. The first-order valence-electron chi connectivity index (χ1n) is 7.25. The van der Waals surface area contributed by atoms with Gasteiger partial charge in [0.25, 0.3) is 0 Å². The van der Waals surface area contributed by atoms with Crippen LogP contribution in [0.1, 0.15) is 35.8 Å². The molecule has 0 saturated heterocycles. The molecule has 2 aromatic rings. The van der Waals surface area contributed by atoms with Crippen molar-refractivity contribution in [2.45, 2.75) is 25.8 Å². The Morgan fingerprint density at radius 2 is 2.27 bits per heavy atom. The second-order valence-corrected chi connectivity index (χ2v) is 5.71. The van der Waals surface area contributed by atoms with Gasteiger partial charge in [0.2, 0.25) is 5.91 Å². The van der Waals surface area contributed by atoms with Crippen molar-refractivity contribution >= 4 is 23.2 Å². The summed E-state index contributed by atoms with van der Waals surface area (Å²) in [4.78, 5) is 12.3. The van der Waals surface area contributed by atoms with Crippen molar-refractivity contribution in [2.75, 3.05) is 5.88 Å². The molecule has 0 radical (unpaired) electrons. The Morgan fingerprint density at radius 1 is 1.41 bits per heavy atom. The molecule has 0 fully saturated rings. The summed E-state index contributed by atoms with van der Waals surface area (Å²) in [6.45, 7) is 2.04. The third-order valence-corrected chi connectivity index (χ3v) is 3.90. The number of alkyl halides is 1. The molecule has 0 aliphatic carbocycles. The van der Waals surface area contributed by atoms with Crippen LogP contribution in [0, 0.1) is 6.92 Å². The number of rotatable bonds is 4. The summed E-state index contributed by atoms with van der Waals surface area (Å²) in [6.07, 6.45) is 2.53. The van der Waals surface area contributed by atoms with Crippen LogP contribution in [-0.4, -0.2) is 22.5 Å². The van der Waals surface area contributed by atoms with E-state index in [2.05, 4.69) is 11.2 Å². The first-order valence-corrected chi connectivity index (χ1v) is 7.78. The molecule has 5 heteroatoms. The Labute approximate surface area is 134 Å². The Morgan fingerprint density at radius 3 is 2.95 bits per heavy atom. The Kier molecular flexibility index (Phi) is 4.29. The largest absolute Gasteiger partial charge is 0.463 e. The summed E-state index contributed by atoms with van der Waals surface area (Å²) in [5, 5.41) is 6.04. The van der Waals surface area contributed by atoms with Gasteiger partial charge in [-0.15, -0.1) is 11.6 Å². The highest BCUT2D eigenvalue weighted by atomic mass is 35.5. The van der Waals surface area contributed by atoms with E-state index < -0.39 is 0 Å². The fraction of sp³-hybridized carbons (Fsp3) is 0.294. The van der Waals surface area contributed by atoms with Crippen LogP contribution in [0.3, 0.4) is 0 Å². The predicted molar refractivity (Wildman–Crippen MR) is 86.0 cm³/mol. The summed E-state index contributed by atoms with van der Waals surface area (Å²) in [7, 11) is 0. The lowest BCUT2D eigenvalue weighted by Crippen LogP contribution is -2.27. The van der Waals surface area contributed by atoms with E-state index in [0.717, 1.165) is 16.8 Å². The highest BCUT2D eigenvalue weighted by Gasteiger charge is 2.33. The quantitative estimate of drug-likeness (QED) is 0.803. The third kappa shape index (κ3) is 2.92. The Hall–Kier alpha value is -2.07. The number of amides is 1. The monoisotopic (exact) mass is 316 g/mol. The van der Waals surface area contributed by atoms with E-state index >= 15 is 0 Å². The van der Waals surface area contributed by atoms with Gasteiger partial charge >= 0.3 is 0 Å². The summed E-state index contributed by atoms with van der Waals surface area (Å²) in [5.41, 5.74) is 3.03. The molecule has 1 aromatic heterocycles. The molecular weight excluding hydrogens is 300 g/mol. The number of hydrogen-bond donors (Lipinski definition) is 0. The summed E-state index contributed by atoms with van der Waals surface area (Å²) < 4.78 is 5.42. The average molecular weight is 317 g/mol. The maximum Gasteiger partial charge on any atom is 0.244 e. The van der Waals surface area contributed by atoms with E-state index in [4.69, 9.17) is 16.0 Å². The standard InChI is InChI=1S/C17H17ClN2O2/c1-12-4-2-5-13(10-12)15-11-14(16-6-3-9-22-16)19-20(15)17(21)7-8-18/h2-6,9-10,15H,7-8,11H2,1H3. The molecule has 1 aliphatic rings. The number of nitrogens with zero attached hydrogens (tertiary/aromatic N) is 2. The SMILES string of the molecule is Cc1cccc(C2CC(c3ccco3)=NN2C(=O)CCCl)c1. The van der Waals surface area contributed by atoms with Crippen LogP contribution in [0.25, 0.3) is 0 Å². The van der Waals surface area contributed by atoms with Crippen molar-refractivity contribution in [3.05, 3.63) is 59.5 Å². The molecule has 1 atom stereocenters. The topological polar surface area (TPSA) is 45.8 Å². The molecular formula is C17H17ClN2O2. The maximum absolute atomic E-state index is 12.3. The number of furan rings is 1. The zero-order chi connectivity index (χ0) is 15.5. The molecule has 0 bridgehead atoms. The molecule has 1 aromatic carbocycles. The van der Waals surface area contributed by atoms with Crippen LogP contribution in [0.5, 0.6) is 0 Å². The molecule has 0 spiro atoms. The lowest BCUT2D eigenvalue weighted by Gasteiger charge is -2.22. The van der Waals surface area contributed by atoms with Crippen molar-refractivity contribution in [3.63, 3.8) is 0 Å². The predicted octanol–water partition coefficient (Wildman–Crippen LogP) is 3.89. The molecule has 2 heterocycles. The minimum Gasteiger partial charge on any atom is -0.463 e. The van der Waals surface area contributed by atoms with Crippen molar-refractivity contribution in [2.24, 2.45) is 5.10 Å².